The molecule has 2 aromatic carbocycles. The molecule has 3 amide bonds. The van der Waals surface area contributed by atoms with Crippen molar-refractivity contribution >= 4 is 46.6 Å². The molecule has 2 heterocycles. The Labute approximate surface area is 232 Å². The maximum atomic E-state index is 14.5. The van der Waals surface area contributed by atoms with E-state index in [0.717, 1.165) is 11.0 Å². The van der Waals surface area contributed by atoms with Gasteiger partial charge in [0.05, 0.1) is 0 Å². The lowest BCUT2D eigenvalue weighted by Crippen LogP contribution is -2.56. The van der Waals surface area contributed by atoms with E-state index in [2.05, 4.69) is 10.3 Å². The summed E-state index contributed by atoms with van der Waals surface area (Å²) in [6, 6.07) is 12.6. The van der Waals surface area contributed by atoms with E-state index in [1.165, 1.54) is 47.4 Å². The first-order chi connectivity index (χ1) is 19.0. The molecule has 1 saturated heterocycles. The number of nitrogens with one attached hydrogen (secondary N) is 1. The number of hydrogen-bond acceptors (Lipinski definition) is 5. The minimum Gasteiger partial charge on any atom is -0.384 e. The van der Waals surface area contributed by atoms with Crippen molar-refractivity contribution in [2.75, 3.05) is 15.5 Å². The number of anilines is 3. The number of carbonyl (C=O) groups excluding carboxylic acids is 3. The number of aromatic nitrogens is 1. The summed E-state index contributed by atoms with van der Waals surface area (Å²) in [7, 11) is 0. The van der Waals surface area contributed by atoms with E-state index < -0.39 is 54.5 Å². The Kier molecular flexibility index (Phi) is 7.41. The Bertz CT molecular complexity index is 1460. The summed E-state index contributed by atoms with van der Waals surface area (Å²) in [6.45, 7) is 0. The van der Waals surface area contributed by atoms with Crippen LogP contribution in [0.3, 0.4) is 0 Å². The van der Waals surface area contributed by atoms with E-state index in [-0.39, 0.29) is 46.7 Å². The summed E-state index contributed by atoms with van der Waals surface area (Å²) in [5.74, 6) is -5.16. The Hall–Kier alpha value is -4.12. The van der Waals surface area contributed by atoms with Crippen LogP contribution < -0.4 is 20.9 Å². The van der Waals surface area contributed by atoms with Crippen LogP contribution in [0.4, 0.5) is 30.5 Å². The number of rotatable bonds is 7. The van der Waals surface area contributed by atoms with Gasteiger partial charge in [-0.15, -0.1) is 0 Å². The number of carbonyl (C=O) groups is 3. The van der Waals surface area contributed by atoms with E-state index in [9.17, 15) is 27.6 Å². The van der Waals surface area contributed by atoms with E-state index in [1.807, 2.05) is 0 Å². The molecule has 5 rings (SSSR count). The lowest BCUT2D eigenvalue weighted by molar-refractivity contribution is -0.133. The summed E-state index contributed by atoms with van der Waals surface area (Å²) < 4.78 is 41.6. The maximum absolute atomic E-state index is 14.5. The van der Waals surface area contributed by atoms with Crippen LogP contribution in [-0.4, -0.2) is 40.7 Å². The average molecular weight is 572 g/mol. The number of nitrogens with two attached hydrogens (primary N) is 1. The van der Waals surface area contributed by atoms with Crippen molar-refractivity contribution < 1.29 is 27.6 Å². The van der Waals surface area contributed by atoms with Gasteiger partial charge in [0.2, 0.25) is 11.8 Å². The second kappa shape index (κ2) is 10.8. The smallest absolute Gasteiger partial charge is 0.252 e. The zero-order valence-corrected chi connectivity index (χ0v) is 21.8. The molecular formula is C28H25ClF3N5O3. The lowest BCUT2D eigenvalue weighted by atomic mass is 9.87. The van der Waals surface area contributed by atoms with Gasteiger partial charge in [0.15, 0.2) is 0 Å². The van der Waals surface area contributed by atoms with Gasteiger partial charge in [-0.3, -0.25) is 24.2 Å². The molecule has 1 saturated carbocycles. The molecule has 2 aliphatic rings. The molecule has 3 N–H and O–H groups in total. The molecule has 8 nitrogen and oxygen atoms in total. The lowest BCUT2D eigenvalue weighted by Gasteiger charge is -2.39. The van der Waals surface area contributed by atoms with Crippen LogP contribution in [0.5, 0.6) is 0 Å². The number of halogens is 4. The van der Waals surface area contributed by atoms with Gasteiger partial charge >= 0.3 is 0 Å². The number of alkyl halides is 2. The van der Waals surface area contributed by atoms with Crippen LogP contribution in [0, 0.1) is 5.82 Å². The number of nitrogen functional groups attached to an aromatic ring is 1. The van der Waals surface area contributed by atoms with Gasteiger partial charge in [-0.05, 0) is 42.8 Å². The molecule has 1 aromatic heterocycles. The minimum absolute atomic E-state index is 0.0174. The van der Waals surface area contributed by atoms with E-state index in [0.29, 0.717) is 0 Å². The molecule has 3 aromatic rings. The maximum Gasteiger partial charge on any atom is 0.252 e. The van der Waals surface area contributed by atoms with Crippen LogP contribution in [-0.2, 0) is 14.4 Å². The van der Waals surface area contributed by atoms with Crippen molar-refractivity contribution in [2.24, 2.45) is 0 Å². The minimum atomic E-state index is -2.90. The van der Waals surface area contributed by atoms with Crippen LogP contribution in [0.1, 0.15) is 37.3 Å². The molecule has 0 radical (unpaired) electrons. The van der Waals surface area contributed by atoms with E-state index in [4.69, 9.17) is 17.3 Å². The Balaban J connectivity index is 1.60. The molecule has 0 bridgehead atoms. The number of pyridine rings is 1. The van der Waals surface area contributed by atoms with Crippen molar-refractivity contribution in [1.82, 2.24) is 10.3 Å². The van der Waals surface area contributed by atoms with Crippen LogP contribution in [0.2, 0.25) is 5.02 Å². The highest BCUT2D eigenvalue weighted by atomic mass is 35.5. The van der Waals surface area contributed by atoms with Crippen molar-refractivity contribution in [3.63, 3.8) is 0 Å². The van der Waals surface area contributed by atoms with Gasteiger partial charge in [-0.25, -0.2) is 18.2 Å². The van der Waals surface area contributed by atoms with E-state index >= 15 is 0 Å². The largest absolute Gasteiger partial charge is 0.384 e. The normalized spacial score (nSPS) is 19.1. The fraction of sp³-hybridized carbons (Fsp3) is 0.286. The molecule has 1 aliphatic heterocycles. The van der Waals surface area contributed by atoms with E-state index in [1.54, 1.807) is 18.2 Å². The third-order valence-electron chi connectivity index (χ3n) is 6.97. The second-order valence-corrected chi connectivity index (χ2v) is 10.2. The topological polar surface area (TPSA) is 109 Å². The van der Waals surface area contributed by atoms with Gasteiger partial charge in [-0.2, -0.15) is 0 Å². The monoisotopic (exact) mass is 571 g/mol. The first-order valence-corrected chi connectivity index (χ1v) is 13.0. The Morgan fingerprint density at radius 1 is 1.10 bits per heavy atom. The first kappa shape index (κ1) is 27.4. The summed E-state index contributed by atoms with van der Waals surface area (Å²) in [4.78, 5) is 47.6. The zero-order chi connectivity index (χ0) is 28.6. The van der Waals surface area contributed by atoms with Crippen molar-refractivity contribution in [3.8, 4) is 0 Å². The van der Waals surface area contributed by atoms with Gasteiger partial charge in [0, 0.05) is 41.6 Å². The highest BCUT2D eigenvalue weighted by molar-refractivity contribution is 6.31. The Morgan fingerprint density at radius 2 is 1.82 bits per heavy atom. The van der Waals surface area contributed by atoms with Gasteiger partial charge in [0.1, 0.15) is 29.5 Å². The molecule has 0 spiro atoms. The molecule has 208 valence electrons. The summed E-state index contributed by atoms with van der Waals surface area (Å²) in [5, 5.41) is 2.72. The predicted octanol–water partition coefficient (Wildman–Crippen LogP) is 4.64. The van der Waals surface area contributed by atoms with Crippen LogP contribution in [0.25, 0.3) is 0 Å². The molecule has 40 heavy (non-hydrogen) atoms. The number of benzene rings is 2. The summed E-state index contributed by atoms with van der Waals surface area (Å²) in [6.07, 6.45) is -0.989. The molecule has 12 heteroatoms. The standard InChI is InChI=1S/C28H25ClF3N5O3/c29-20-8-2-1-7-19(20)25(26(39)34-17-14-28(31,32)15-17)36(18-6-3-5-16(30)13-18)27(40)21-11-12-24(38)37(21)23-10-4-9-22(33)35-23/h1-10,13,17,21,25H,11-12,14-15H2,(H2,33,35)(H,34,39)/t21-,25+/m0/s1. The number of amides is 3. The van der Waals surface area contributed by atoms with Crippen LogP contribution in [0.15, 0.2) is 66.7 Å². The molecule has 1 aliphatic carbocycles. The molecule has 2 fully saturated rings. The quantitative estimate of drug-likeness (QED) is 0.429. The SMILES string of the molecule is Nc1cccc(N2C(=O)CC[C@H]2C(=O)N(c2cccc(F)c2)[C@@H](C(=O)NC2CC(F)(F)C2)c2ccccc2Cl)n1. The second-order valence-electron chi connectivity index (χ2n) is 9.82. The third kappa shape index (κ3) is 5.46. The average Bonchev–Trinajstić information content (AvgIpc) is 3.27. The zero-order valence-electron chi connectivity index (χ0n) is 21.1. The molecular weight excluding hydrogens is 547 g/mol. The Morgan fingerprint density at radius 3 is 2.50 bits per heavy atom. The van der Waals surface area contributed by atoms with Gasteiger partial charge < -0.3 is 11.1 Å². The fourth-order valence-electron chi connectivity index (χ4n) is 5.11. The summed E-state index contributed by atoms with van der Waals surface area (Å²) in [5.41, 5.74) is 6.03. The predicted molar refractivity (Wildman–Crippen MR) is 143 cm³/mol. The van der Waals surface area contributed by atoms with Gasteiger partial charge in [-0.1, -0.05) is 41.9 Å². The highest BCUT2D eigenvalue weighted by Crippen LogP contribution is 2.39. The van der Waals surface area contributed by atoms with Crippen molar-refractivity contribution in [3.05, 3.63) is 83.1 Å². The van der Waals surface area contributed by atoms with Crippen LogP contribution >= 0.6 is 11.6 Å². The van der Waals surface area contributed by atoms with Gasteiger partial charge in [0.25, 0.3) is 11.8 Å². The number of hydrogen-bond donors (Lipinski definition) is 2. The molecule has 0 unspecified atom stereocenters. The first-order valence-electron chi connectivity index (χ1n) is 12.6. The number of nitrogens with zero attached hydrogens (tertiary/aromatic N) is 3. The van der Waals surface area contributed by atoms with Crippen molar-refractivity contribution in [1.29, 1.82) is 0 Å². The molecule has 2 atom stereocenters. The summed E-state index contributed by atoms with van der Waals surface area (Å²) >= 11 is 6.48. The van der Waals surface area contributed by atoms with Crippen molar-refractivity contribution in [2.45, 2.75) is 49.7 Å². The fourth-order valence-corrected chi connectivity index (χ4v) is 5.35. The third-order valence-corrected chi connectivity index (χ3v) is 7.31. The highest BCUT2D eigenvalue weighted by Gasteiger charge is 2.48.